The minimum Gasteiger partial charge on any atom is -0.370 e. The summed E-state index contributed by atoms with van der Waals surface area (Å²) in [4.78, 5) is 12.1. The topological polar surface area (TPSA) is 26.3 Å². The fraction of sp³-hybridized carbons (Fsp3) is 0.588. The van der Waals surface area contributed by atoms with E-state index in [2.05, 4.69) is 13.8 Å². The largest absolute Gasteiger partial charge is 0.370 e. The molecule has 1 aliphatic carbocycles. The van der Waals surface area contributed by atoms with E-state index >= 15 is 0 Å². The maximum Gasteiger partial charge on any atom is 0.188 e. The normalized spacial score (nSPS) is 23.3. The first-order chi connectivity index (χ1) is 9.20. The van der Waals surface area contributed by atoms with Crippen LogP contribution in [0.2, 0.25) is 0 Å². The smallest absolute Gasteiger partial charge is 0.188 e. The van der Waals surface area contributed by atoms with E-state index in [1.165, 1.54) is 24.8 Å². The first-order valence-corrected chi connectivity index (χ1v) is 7.44. The highest BCUT2D eigenvalue weighted by molar-refractivity contribution is 5.97. The monoisotopic (exact) mass is 260 g/mol. The highest BCUT2D eigenvalue weighted by Gasteiger charge is 2.22. The zero-order valence-electron chi connectivity index (χ0n) is 12.0. The SMILES string of the molecule is CCc1ccc(C(=O)COC2CCCCC2C)cc1. The lowest BCUT2D eigenvalue weighted by Crippen LogP contribution is -2.27. The third kappa shape index (κ3) is 3.90. The summed E-state index contributed by atoms with van der Waals surface area (Å²) in [6, 6.07) is 7.87. The van der Waals surface area contributed by atoms with Crippen LogP contribution in [0, 0.1) is 5.92 Å². The van der Waals surface area contributed by atoms with Crippen molar-refractivity contribution in [3.05, 3.63) is 35.4 Å². The van der Waals surface area contributed by atoms with Crippen LogP contribution in [0.3, 0.4) is 0 Å². The van der Waals surface area contributed by atoms with Gasteiger partial charge >= 0.3 is 0 Å². The molecule has 2 heteroatoms. The highest BCUT2D eigenvalue weighted by atomic mass is 16.5. The van der Waals surface area contributed by atoms with Crippen LogP contribution in [-0.4, -0.2) is 18.5 Å². The number of ether oxygens (including phenoxy) is 1. The lowest BCUT2D eigenvalue weighted by atomic mass is 9.88. The lowest BCUT2D eigenvalue weighted by molar-refractivity contribution is 0.000749. The first kappa shape index (κ1) is 14.3. The van der Waals surface area contributed by atoms with Crippen molar-refractivity contribution in [3.8, 4) is 0 Å². The van der Waals surface area contributed by atoms with Gasteiger partial charge in [0.15, 0.2) is 5.78 Å². The minimum absolute atomic E-state index is 0.0976. The average Bonchev–Trinajstić information content (AvgIpc) is 2.46. The summed E-state index contributed by atoms with van der Waals surface area (Å²) in [6.07, 6.45) is 6.13. The zero-order chi connectivity index (χ0) is 13.7. The number of Topliss-reactive ketones (excluding diaryl/α,β-unsaturated/α-hetero) is 1. The molecule has 1 aromatic rings. The Balaban J connectivity index is 1.86. The molecule has 2 nitrogen and oxygen atoms in total. The van der Waals surface area contributed by atoms with Crippen molar-refractivity contribution in [2.75, 3.05) is 6.61 Å². The molecule has 0 bridgehead atoms. The molecule has 0 aromatic heterocycles. The van der Waals surface area contributed by atoms with Crippen molar-refractivity contribution >= 4 is 5.78 Å². The van der Waals surface area contributed by atoms with Gasteiger partial charge in [0.05, 0.1) is 6.10 Å². The molecule has 0 aliphatic heterocycles. The predicted octanol–water partition coefficient (Wildman–Crippen LogP) is 4.03. The van der Waals surface area contributed by atoms with Gasteiger partial charge in [-0.3, -0.25) is 4.79 Å². The molecule has 1 saturated carbocycles. The van der Waals surface area contributed by atoms with E-state index in [4.69, 9.17) is 4.74 Å². The Morgan fingerprint density at radius 3 is 2.53 bits per heavy atom. The second kappa shape index (κ2) is 6.85. The van der Waals surface area contributed by atoms with Crippen molar-refractivity contribution in [2.45, 2.75) is 52.1 Å². The molecule has 0 amide bonds. The zero-order valence-corrected chi connectivity index (χ0v) is 12.0. The third-order valence-electron chi connectivity index (χ3n) is 4.15. The van der Waals surface area contributed by atoms with Crippen LogP contribution in [0.4, 0.5) is 0 Å². The Morgan fingerprint density at radius 2 is 1.89 bits per heavy atom. The summed E-state index contributed by atoms with van der Waals surface area (Å²) in [5, 5.41) is 0. The van der Waals surface area contributed by atoms with Crippen molar-refractivity contribution in [1.82, 2.24) is 0 Å². The summed E-state index contributed by atoms with van der Waals surface area (Å²) in [5.74, 6) is 0.685. The van der Waals surface area contributed by atoms with E-state index in [1.54, 1.807) is 0 Å². The number of ketones is 1. The number of hydrogen-bond donors (Lipinski definition) is 0. The van der Waals surface area contributed by atoms with Gasteiger partial charge in [-0.05, 0) is 30.7 Å². The van der Waals surface area contributed by atoms with Crippen LogP contribution in [0.15, 0.2) is 24.3 Å². The van der Waals surface area contributed by atoms with Crippen molar-refractivity contribution < 1.29 is 9.53 Å². The minimum atomic E-state index is 0.0976. The molecular weight excluding hydrogens is 236 g/mol. The highest BCUT2D eigenvalue weighted by Crippen LogP contribution is 2.26. The van der Waals surface area contributed by atoms with Crippen LogP contribution in [0.5, 0.6) is 0 Å². The summed E-state index contributed by atoms with van der Waals surface area (Å²) < 4.78 is 5.82. The number of rotatable bonds is 5. The summed E-state index contributed by atoms with van der Waals surface area (Å²) in [6.45, 7) is 4.56. The summed E-state index contributed by atoms with van der Waals surface area (Å²) in [5.41, 5.74) is 2.03. The molecule has 1 aromatic carbocycles. The van der Waals surface area contributed by atoms with Crippen LogP contribution in [-0.2, 0) is 11.2 Å². The summed E-state index contributed by atoms with van der Waals surface area (Å²) >= 11 is 0. The Morgan fingerprint density at radius 1 is 1.21 bits per heavy atom. The van der Waals surface area contributed by atoms with E-state index in [0.29, 0.717) is 5.92 Å². The van der Waals surface area contributed by atoms with E-state index in [9.17, 15) is 4.79 Å². The molecule has 0 heterocycles. The maximum absolute atomic E-state index is 12.1. The average molecular weight is 260 g/mol. The van der Waals surface area contributed by atoms with Crippen molar-refractivity contribution in [2.24, 2.45) is 5.92 Å². The van der Waals surface area contributed by atoms with Gasteiger partial charge in [0.1, 0.15) is 6.61 Å². The lowest BCUT2D eigenvalue weighted by Gasteiger charge is -2.28. The van der Waals surface area contributed by atoms with E-state index in [-0.39, 0.29) is 18.5 Å². The number of carbonyl (C=O) groups excluding carboxylic acids is 1. The molecule has 19 heavy (non-hydrogen) atoms. The standard InChI is InChI=1S/C17H24O2/c1-3-14-8-10-15(11-9-14)16(18)12-19-17-7-5-4-6-13(17)2/h8-11,13,17H,3-7,12H2,1-2H3. The van der Waals surface area contributed by atoms with Crippen LogP contribution in [0.1, 0.15) is 55.5 Å². The van der Waals surface area contributed by atoms with Gasteiger partial charge in [0.2, 0.25) is 0 Å². The van der Waals surface area contributed by atoms with Crippen LogP contribution in [0.25, 0.3) is 0 Å². The number of hydrogen-bond acceptors (Lipinski definition) is 2. The van der Waals surface area contributed by atoms with Crippen molar-refractivity contribution in [3.63, 3.8) is 0 Å². The van der Waals surface area contributed by atoms with Crippen LogP contribution < -0.4 is 0 Å². The van der Waals surface area contributed by atoms with Crippen LogP contribution >= 0.6 is 0 Å². The van der Waals surface area contributed by atoms with Gasteiger partial charge in [0.25, 0.3) is 0 Å². The van der Waals surface area contributed by atoms with E-state index in [0.717, 1.165) is 18.4 Å². The number of aryl methyl sites for hydroxylation is 1. The molecule has 0 radical (unpaired) electrons. The second-order valence-corrected chi connectivity index (χ2v) is 5.58. The molecule has 0 N–H and O–H groups in total. The van der Waals surface area contributed by atoms with Crippen molar-refractivity contribution in [1.29, 1.82) is 0 Å². The fourth-order valence-electron chi connectivity index (χ4n) is 2.72. The molecule has 0 spiro atoms. The molecule has 2 rings (SSSR count). The maximum atomic E-state index is 12.1. The molecule has 2 atom stereocenters. The van der Waals surface area contributed by atoms with Gasteiger partial charge < -0.3 is 4.74 Å². The molecule has 1 aliphatic rings. The Bertz CT molecular complexity index is 408. The molecule has 0 saturated heterocycles. The number of carbonyl (C=O) groups is 1. The van der Waals surface area contributed by atoms with Gasteiger partial charge in [-0.1, -0.05) is 51.0 Å². The van der Waals surface area contributed by atoms with E-state index in [1.807, 2.05) is 24.3 Å². The fourth-order valence-corrected chi connectivity index (χ4v) is 2.72. The quantitative estimate of drug-likeness (QED) is 0.747. The first-order valence-electron chi connectivity index (χ1n) is 7.44. The molecule has 1 fully saturated rings. The number of benzene rings is 1. The molecule has 104 valence electrons. The van der Waals surface area contributed by atoms with Gasteiger partial charge in [-0.2, -0.15) is 0 Å². The Hall–Kier alpha value is -1.15. The molecular formula is C17H24O2. The Labute approximate surface area is 116 Å². The predicted molar refractivity (Wildman–Crippen MR) is 77.5 cm³/mol. The van der Waals surface area contributed by atoms with Gasteiger partial charge in [-0.25, -0.2) is 0 Å². The van der Waals surface area contributed by atoms with Gasteiger partial charge in [0, 0.05) is 5.56 Å². The van der Waals surface area contributed by atoms with E-state index < -0.39 is 0 Å². The van der Waals surface area contributed by atoms with Gasteiger partial charge in [-0.15, -0.1) is 0 Å². The Kier molecular flexibility index (Phi) is 5.15. The second-order valence-electron chi connectivity index (χ2n) is 5.58. The summed E-state index contributed by atoms with van der Waals surface area (Å²) in [7, 11) is 0. The molecule has 2 unspecified atom stereocenters. The third-order valence-corrected chi connectivity index (χ3v) is 4.15.